The Morgan fingerprint density at radius 1 is 1.16 bits per heavy atom. The Hall–Kier alpha value is -0.160. The second kappa shape index (κ2) is 8.90. The van der Waals surface area contributed by atoms with E-state index in [1.54, 1.807) is 0 Å². The quantitative estimate of drug-likeness (QED) is 0.737. The minimum Gasteiger partial charge on any atom is -0.396 e. The summed E-state index contributed by atoms with van der Waals surface area (Å²) in [6, 6.07) is 0. The largest absolute Gasteiger partial charge is 0.396 e. The first-order valence-electron chi connectivity index (χ1n) is 7.48. The van der Waals surface area contributed by atoms with Gasteiger partial charge in [-0.3, -0.25) is 0 Å². The summed E-state index contributed by atoms with van der Waals surface area (Å²) < 4.78 is 17.0. The maximum absolute atomic E-state index is 9.54. The monoisotopic (exact) mass is 274 g/mol. The van der Waals surface area contributed by atoms with Crippen molar-refractivity contribution in [3.05, 3.63) is 0 Å². The van der Waals surface area contributed by atoms with E-state index in [-0.39, 0.29) is 30.8 Å². The molecule has 1 fully saturated rings. The normalized spacial score (nSPS) is 26.1. The van der Waals surface area contributed by atoms with E-state index in [2.05, 4.69) is 0 Å². The van der Waals surface area contributed by atoms with Crippen LogP contribution in [-0.4, -0.2) is 49.8 Å². The molecule has 0 amide bonds. The highest BCUT2D eigenvalue weighted by atomic mass is 16.5. The first-order chi connectivity index (χ1) is 9.02. The molecule has 1 rings (SSSR count). The lowest BCUT2D eigenvalue weighted by Crippen LogP contribution is -2.36. The van der Waals surface area contributed by atoms with Crippen molar-refractivity contribution in [3.8, 4) is 0 Å². The summed E-state index contributed by atoms with van der Waals surface area (Å²) in [6.45, 7) is 10.4. The van der Waals surface area contributed by atoms with Gasteiger partial charge in [-0.15, -0.1) is 0 Å². The van der Waals surface area contributed by atoms with Crippen LogP contribution in [0.5, 0.6) is 0 Å². The molecule has 1 aliphatic rings. The van der Waals surface area contributed by atoms with Crippen molar-refractivity contribution in [2.45, 2.75) is 58.8 Å². The van der Waals surface area contributed by atoms with Crippen LogP contribution in [-0.2, 0) is 14.2 Å². The van der Waals surface area contributed by atoms with Crippen LogP contribution < -0.4 is 0 Å². The molecule has 4 heteroatoms. The fourth-order valence-electron chi connectivity index (χ4n) is 2.41. The highest BCUT2D eigenvalue weighted by Gasteiger charge is 2.29. The Kier molecular flexibility index (Phi) is 7.91. The summed E-state index contributed by atoms with van der Waals surface area (Å²) in [5.41, 5.74) is 0. The van der Waals surface area contributed by atoms with Gasteiger partial charge in [0.2, 0.25) is 0 Å². The summed E-state index contributed by atoms with van der Waals surface area (Å²) in [7, 11) is 0. The molecule has 114 valence electrons. The van der Waals surface area contributed by atoms with Crippen LogP contribution in [0.15, 0.2) is 0 Å². The molecule has 4 nitrogen and oxygen atoms in total. The van der Waals surface area contributed by atoms with Gasteiger partial charge < -0.3 is 19.3 Å². The van der Waals surface area contributed by atoms with Crippen molar-refractivity contribution in [2.75, 3.05) is 26.4 Å². The Morgan fingerprint density at radius 3 is 2.42 bits per heavy atom. The molecular formula is C15H30O4. The molecule has 0 aromatic rings. The summed E-state index contributed by atoms with van der Waals surface area (Å²) in [5, 5.41) is 9.54. The van der Waals surface area contributed by atoms with E-state index in [4.69, 9.17) is 14.2 Å². The van der Waals surface area contributed by atoms with Crippen LogP contribution in [0, 0.1) is 11.8 Å². The minimum absolute atomic E-state index is 0.161. The third-order valence-electron chi connectivity index (χ3n) is 3.57. The fraction of sp³-hybridized carbons (Fsp3) is 1.00. The van der Waals surface area contributed by atoms with Gasteiger partial charge in [0.25, 0.3) is 0 Å². The number of rotatable bonds is 8. The number of aliphatic hydroxyl groups is 1. The molecule has 0 saturated carbocycles. The molecule has 0 aliphatic carbocycles. The van der Waals surface area contributed by atoms with Gasteiger partial charge in [-0.2, -0.15) is 0 Å². The Morgan fingerprint density at radius 2 is 1.84 bits per heavy atom. The van der Waals surface area contributed by atoms with Gasteiger partial charge in [0, 0.05) is 19.1 Å². The number of hydrogen-bond acceptors (Lipinski definition) is 4. The lowest BCUT2D eigenvalue weighted by atomic mass is 9.84. The number of hydrogen-bond donors (Lipinski definition) is 1. The van der Waals surface area contributed by atoms with Crippen LogP contribution in [0.2, 0.25) is 0 Å². The molecule has 3 atom stereocenters. The first kappa shape index (κ1) is 16.9. The van der Waals surface area contributed by atoms with Crippen LogP contribution in [0.25, 0.3) is 0 Å². The van der Waals surface area contributed by atoms with Crippen molar-refractivity contribution >= 4 is 0 Å². The van der Waals surface area contributed by atoms with Gasteiger partial charge in [0.15, 0.2) is 0 Å². The maximum Gasteiger partial charge on any atom is 0.0811 e. The molecule has 0 radical (unpaired) electrons. The van der Waals surface area contributed by atoms with E-state index in [0.29, 0.717) is 19.1 Å². The SMILES string of the molecule is CC(C)OCC1CC(C(CO)COC(C)C)CCO1. The van der Waals surface area contributed by atoms with E-state index in [1.807, 2.05) is 27.7 Å². The Bertz CT molecular complexity index is 230. The zero-order valence-corrected chi connectivity index (χ0v) is 12.8. The van der Waals surface area contributed by atoms with Crippen molar-refractivity contribution in [3.63, 3.8) is 0 Å². The van der Waals surface area contributed by atoms with Crippen LogP contribution in [0.3, 0.4) is 0 Å². The molecule has 0 spiro atoms. The molecule has 1 saturated heterocycles. The highest BCUT2D eigenvalue weighted by molar-refractivity contribution is 4.77. The predicted octanol–water partition coefficient (Wildman–Crippen LogP) is 2.24. The highest BCUT2D eigenvalue weighted by Crippen LogP contribution is 2.28. The van der Waals surface area contributed by atoms with Crippen LogP contribution in [0.4, 0.5) is 0 Å². The van der Waals surface area contributed by atoms with Crippen molar-refractivity contribution < 1.29 is 19.3 Å². The van der Waals surface area contributed by atoms with Gasteiger partial charge in [-0.1, -0.05) is 0 Å². The molecular weight excluding hydrogens is 244 g/mol. The summed E-state index contributed by atoms with van der Waals surface area (Å²) in [5.74, 6) is 0.686. The van der Waals surface area contributed by atoms with E-state index >= 15 is 0 Å². The molecule has 3 unspecified atom stereocenters. The predicted molar refractivity (Wildman–Crippen MR) is 75.2 cm³/mol. The van der Waals surface area contributed by atoms with E-state index in [0.717, 1.165) is 19.4 Å². The summed E-state index contributed by atoms with van der Waals surface area (Å²) >= 11 is 0. The Balaban J connectivity index is 2.38. The second-order valence-electron chi connectivity index (χ2n) is 5.98. The standard InChI is InChI=1S/C15H30O4/c1-11(2)18-9-14(8-16)13-5-6-17-15(7-13)10-19-12(3)4/h11-16H,5-10H2,1-4H3. The maximum atomic E-state index is 9.54. The van der Waals surface area contributed by atoms with Crippen LogP contribution in [0.1, 0.15) is 40.5 Å². The zero-order chi connectivity index (χ0) is 14.3. The second-order valence-corrected chi connectivity index (χ2v) is 5.98. The average molecular weight is 274 g/mol. The number of aliphatic hydroxyl groups excluding tert-OH is 1. The van der Waals surface area contributed by atoms with Crippen molar-refractivity contribution in [1.82, 2.24) is 0 Å². The number of ether oxygens (including phenoxy) is 3. The van der Waals surface area contributed by atoms with Gasteiger partial charge in [-0.25, -0.2) is 0 Å². The summed E-state index contributed by atoms with van der Waals surface area (Å²) in [6.07, 6.45) is 2.58. The minimum atomic E-state index is 0.161. The Labute approximate surface area is 117 Å². The summed E-state index contributed by atoms with van der Waals surface area (Å²) in [4.78, 5) is 0. The van der Waals surface area contributed by atoms with E-state index in [1.165, 1.54) is 0 Å². The molecule has 1 heterocycles. The zero-order valence-electron chi connectivity index (χ0n) is 12.8. The van der Waals surface area contributed by atoms with Crippen molar-refractivity contribution in [2.24, 2.45) is 11.8 Å². The third kappa shape index (κ3) is 6.70. The van der Waals surface area contributed by atoms with Gasteiger partial charge in [0.1, 0.15) is 0 Å². The molecule has 1 aliphatic heterocycles. The van der Waals surface area contributed by atoms with Crippen molar-refractivity contribution in [1.29, 1.82) is 0 Å². The van der Waals surface area contributed by atoms with Gasteiger partial charge in [-0.05, 0) is 46.5 Å². The van der Waals surface area contributed by atoms with Crippen LogP contribution >= 0.6 is 0 Å². The lowest BCUT2D eigenvalue weighted by Gasteiger charge is -2.34. The molecule has 19 heavy (non-hydrogen) atoms. The van der Waals surface area contributed by atoms with E-state index < -0.39 is 0 Å². The lowest BCUT2D eigenvalue weighted by molar-refractivity contribution is -0.0887. The van der Waals surface area contributed by atoms with Gasteiger partial charge >= 0.3 is 0 Å². The fourth-order valence-corrected chi connectivity index (χ4v) is 2.41. The third-order valence-corrected chi connectivity index (χ3v) is 3.57. The smallest absolute Gasteiger partial charge is 0.0811 e. The average Bonchev–Trinajstić information content (AvgIpc) is 2.37. The molecule has 0 aromatic heterocycles. The topological polar surface area (TPSA) is 47.9 Å². The molecule has 1 N–H and O–H groups in total. The first-order valence-corrected chi connectivity index (χ1v) is 7.48. The van der Waals surface area contributed by atoms with Gasteiger partial charge in [0.05, 0.1) is 31.5 Å². The molecule has 0 aromatic carbocycles. The molecule has 0 bridgehead atoms. The van der Waals surface area contributed by atoms with E-state index in [9.17, 15) is 5.11 Å².